The monoisotopic (exact) mass is 347 g/mol. The van der Waals surface area contributed by atoms with Crippen molar-refractivity contribution in [1.82, 2.24) is 4.31 Å². The van der Waals surface area contributed by atoms with Crippen LogP contribution in [0.3, 0.4) is 0 Å². The molecule has 0 spiro atoms. The Morgan fingerprint density at radius 3 is 2.58 bits per heavy atom. The average Bonchev–Trinajstić information content (AvgIpc) is 3.17. The van der Waals surface area contributed by atoms with Gasteiger partial charge in [0.1, 0.15) is 0 Å². The van der Waals surface area contributed by atoms with E-state index >= 15 is 0 Å². The van der Waals surface area contributed by atoms with E-state index in [0.29, 0.717) is 19.4 Å². The van der Waals surface area contributed by atoms with Crippen molar-refractivity contribution < 1.29 is 13.5 Å². The normalized spacial score (nSPS) is 22.7. The topological polar surface area (TPSA) is 57.6 Å². The highest BCUT2D eigenvalue weighted by Crippen LogP contribution is 2.46. The lowest BCUT2D eigenvalue weighted by atomic mass is 10.1. The number of hydrogen-bond acceptors (Lipinski definition) is 3. The molecule has 2 atom stereocenters. The molecule has 1 fully saturated rings. The van der Waals surface area contributed by atoms with Gasteiger partial charge in [-0.1, -0.05) is 28.1 Å². The zero-order valence-corrected chi connectivity index (χ0v) is 13.2. The number of sulfonamides is 1. The molecule has 2 rings (SSSR count). The number of aliphatic hydroxyl groups is 1. The summed E-state index contributed by atoms with van der Waals surface area (Å²) in [6, 6.07) is 7.82. The van der Waals surface area contributed by atoms with E-state index in [1.165, 1.54) is 4.31 Å². The molecule has 1 aliphatic carbocycles. The average molecular weight is 348 g/mol. The van der Waals surface area contributed by atoms with Gasteiger partial charge in [-0.25, -0.2) is 12.7 Å². The summed E-state index contributed by atoms with van der Waals surface area (Å²) in [7, 11) is -1.65. The molecule has 0 bridgehead atoms. The third-order valence-corrected chi connectivity index (χ3v) is 6.34. The maximum absolute atomic E-state index is 12.3. The van der Waals surface area contributed by atoms with Crippen LogP contribution in [-0.4, -0.2) is 43.3 Å². The van der Waals surface area contributed by atoms with E-state index in [0.717, 1.165) is 10.0 Å². The van der Waals surface area contributed by atoms with Crippen molar-refractivity contribution in [1.29, 1.82) is 0 Å². The highest BCUT2D eigenvalue weighted by Gasteiger charge is 2.49. The molecule has 1 aromatic rings. The van der Waals surface area contributed by atoms with Crippen LogP contribution < -0.4 is 0 Å². The van der Waals surface area contributed by atoms with Crippen molar-refractivity contribution in [2.24, 2.45) is 0 Å². The summed E-state index contributed by atoms with van der Waals surface area (Å²) in [5, 5.41) is 8.46. The second-order valence-corrected chi connectivity index (χ2v) is 8.05. The molecule has 0 heterocycles. The molecule has 1 saturated carbocycles. The van der Waals surface area contributed by atoms with Gasteiger partial charge >= 0.3 is 0 Å². The van der Waals surface area contributed by atoms with Crippen LogP contribution in [0.15, 0.2) is 28.7 Å². The molecule has 0 aliphatic heterocycles. The predicted octanol–water partition coefficient (Wildman–Crippen LogP) is 1.95. The molecule has 19 heavy (non-hydrogen) atoms. The van der Waals surface area contributed by atoms with Gasteiger partial charge in [0.2, 0.25) is 10.0 Å². The van der Waals surface area contributed by atoms with Gasteiger partial charge in [0.05, 0.1) is 5.25 Å². The van der Waals surface area contributed by atoms with Crippen LogP contribution in [0.1, 0.15) is 24.3 Å². The summed E-state index contributed by atoms with van der Waals surface area (Å²) in [4.78, 5) is 0. The third kappa shape index (κ3) is 3.37. The SMILES string of the molecule is CN(CCCO)S(=O)(=O)C1CC1c1ccc(Br)cc1. The molecule has 1 N–H and O–H groups in total. The number of rotatable bonds is 6. The number of nitrogens with zero attached hydrogens (tertiary/aromatic N) is 1. The zero-order chi connectivity index (χ0) is 14.0. The first-order chi connectivity index (χ1) is 8.96. The first-order valence-electron chi connectivity index (χ1n) is 6.28. The summed E-state index contributed by atoms with van der Waals surface area (Å²) in [5.41, 5.74) is 1.08. The van der Waals surface area contributed by atoms with Gasteiger partial charge in [-0.15, -0.1) is 0 Å². The molecular weight excluding hydrogens is 330 g/mol. The lowest BCUT2D eigenvalue weighted by Gasteiger charge is -2.16. The molecule has 0 saturated heterocycles. The Morgan fingerprint density at radius 2 is 2.00 bits per heavy atom. The van der Waals surface area contributed by atoms with Crippen molar-refractivity contribution in [2.75, 3.05) is 20.2 Å². The van der Waals surface area contributed by atoms with Crippen LogP contribution in [0.4, 0.5) is 0 Å². The lowest BCUT2D eigenvalue weighted by Crippen LogP contribution is -2.31. The lowest BCUT2D eigenvalue weighted by molar-refractivity contribution is 0.275. The van der Waals surface area contributed by atoms with E-state index in [2.05, 4.69) is 15.9 Å². The molecule has 0 aromatic heterocycles. The minimum Gasteiger partial charge on any atom is -0.396 e. The summed E-state index contributed by atoms with van der Waals surface area (Å²) in [6.07, 6.45) is 1.17. The fourth-order valence-corrected chi connectivity index (χ4v) is 4.35. The van der Waals surface area contributed by atoms with E-state index in [1.807, 2.05) is 24.3 Å². The van der Waals surface area contributed by atoms with Crippen molar-refractivity contribution >= 4 is 26.0 Å². The Kier molecular flexibility index (Phi) is 4.66. The highest BCUT2D eigenvalue weighted by molar-refractivity contribution is 9.10. The molecule has 106 valence electrons. The smallest absolute Gasteiger partial charge is 0.217 e. The first-order valence-corrected chi connectivity index (χ1v) is 8.58. The second kappa shape index (κ2) is 5.91. The Morgan fingerprint density at radius 1 is 1.37 bits per heavy atom. The third-order valence-electron chi connectivity index (χ3n) is 3.48. The Hall–Kier alpha value is -0.430. The van der Waals surface area contributed by atoms with Crippen molar-refractivity contribution in [2.45, 2.75) is 24.0 Å². The maximum Gasteiger partial charge on any atom is 0.217 e. The van der Waals surface area contributed by atoms with E-state index in [4.69, 9.17) is 5.11 Å². The Bertz CT molecular complexity index is 529. The van der Waals surface area contributed by atoms with E-state index < -0.39 is 10.0 Å². The molecule has 6 heteroatoms. The summed E-state index contributed by atoms with van der Waals surface area (Å²) < 4.78 is 26.9. The highest BCUT2D eigenvalue weighted by atomic mass is 79.9. The fraction of sp³-hybridized carbons (Fsp3) is 0.538. The quantitative estimate of drug-likeness (QED) is 0.855. The van der Waals surface area contributed by atoms with E-state index in [-0.39, 0.29) is 17.8 Å². The van der Waals surface area contributed by atoms with Crippen LogP contribution >= 0.6 is 15.9 Å². The van der Waals surface area contributed by atoms with Gasteiger partial charge in [0.15, 0.2) is 0 Å². The summed E-state index contributed by atoms with van der Waals surface area (Å²) >= 11 is 3.37. The van der Waals surface area contributed by atoms with Gasteiger partial charge in [0, 0.05) is 30.6 Å². The van der Waals surface area contributed by atoms with E-state index in [1.54, 1.807) is 7.05 Å². The van der Waals surface area contributed by atoms with Gasteiger partial charge in [-0.2, -0.15) is 0 Å². The van der Waals surface area contributed by atoms with Crippen molar-refractivity contribution in [3.05, 3.63) is 34.3 Å². The largest absolute Gasteiger partial charge is 0.396 e. The van der Waals surface area contributed by atoms with Crippen molar-refractivity contribution in [3.63, 3.8) is 0 Å². The molecule has 0 amide bonds. The number of hydrogen-bond donors (Lipinski definition) is 1. The van der Waals surface area contributed by atoms with Crippen LogP contribution in [0, 0.1) is 0 Å². The molecular formula is C13H18BrNO3S. The molecule has 1 aromatic carbocycles. The van der Waals surface area contributed by atoms with Crippen LogP contribution in [0.5, 0.6) is 0 Å². The molecule has 4 nitrogen and oxygen atoms in total. The van der Waals surface area contributed by atoms with Crippen LogP contribution in [0.25, 0.3) is 0 Å². The Labute approximate surface area is 122 Å². The first kappa shape index (κ1) is 15.0. The summed E-state index contributed by atoms with van der Waals surface area (Å²) in [6.45, 7) is 0.392. The van der Waals surface area contributed by atoms with Crippen LogP contribution in [0.2, 0.25) is 0 Å². The molecule has 2 unspecified atom stereocenters. The van der Waals surface area contributed by atoms with E-state index in [9.17, 15) is 8.42 Å². The van der Waals surface area contributed by atoms with Gasteiger partial charge in [-0.05, 0) is 30.5 Å². The summed E-state index contributed by atoms with van der Waals surface area (Å²) in [5.74, 6) is 0.106. The second-order valence-electron chi connectivity index (χ2n) is 4.88. The minimum atomic E-state index is -3.23. The van der Waals surface area contributed by atoms with Gasteiger partial charge in [-0.3, -0.25) is 0 Å². The van der Waals surface area contributed by atoms with Crippen molar-refractivity contribution in [3.8, 4) is 0 Å². The standard InChI is InChI=1S/C13H18BrNO3S/c1-15(7-2-8-16)19(17,18)13-9-12(13)10-3-5-11(14)6-4-10/h3-6,12-13,16H,2,7-9H2,1H3. The molecule has 0 radical (unpaired) electrons. The minimum absolute atomic E-state index is 0.0146. The predicted molar refractivity (Wildman–Crippen MR) is 78.5 cm³/mol. The maximum atomic E-state index is 12.3. The van der Waals surface area contributed by atoms with Crippen LogP contribution in [-0.2, 0) is 10.0 Å². The van der Waals surface area contributed by atoms with Gasteiger partial charge in [0.25, 0.3) is 0 Å². The zero-order valence-electron chi connectivity index (χ0n) is 10.8. The molecule has 1 aliphatic rings. The number of benzene rings is 1. The van der Waals surface area contributed by atoms with Gasteiger partial charge < -0.3 is 5.11 Å². The fourth-order valence-electron chi connectivity index (χ4n) is 2.21. The Balaban J connectivity index is 2.03. The number of halogens is 1. The number of aliphatic hydroxyl groups excluding tert-OH is 1.